The Morgan fingerprint density at radius 2 is 1.97 bits per heavy atom. The van der Waals surface area contributed by atoms with Crippen LogP contribution in [0.4, 0.5) is 17.1 Å². The first-order valence-electron chi connectivity index (χ1n) is 9.02. The average Bonchev–Trinajstić information content (AvgIpc) is 3.14. The molecule has 0 unspecified atom stereocenters. The average molecular weight is 413 g/mol. The van der Waals surface area contributed by atoms with E-state index in [9.17, 15) is 24.5 Å². The second-order valence-corrected chi connectivity index (χ2v) is 6.57. The van der Waals surface area contributed by atoms with Gasteiger partial charge in [0, 0.05) is 42.5 Å². The number of nitro groups is 1. The molecular formula is C20H19N3O7. The van der Waals surface area contributed by atoms with Crippen LogP contribution in [0.25, 0.3) is 0 Å². The van der Waals surface area contributed by atoms with Gasteiger partial charge in [0.15, 0.2) is 6.61 Å². The summed E-state index contributed by atoms with van der Waals surface area (Å²) in [4.78, 5) is 48.1. The molecular weight excluding hydrogens is 394 g/mol. The van der Waals surface area contributed by atoms with Crippen LogP contribution in [-0.2, 0) is 19.1 Å². The summed E-state index contributed by atoms with van der Waals surface area (Å²) >= 11 is 0. The molecule has 0 radical (unpaired) electrons. The van der Waals surface area contributed by atoms with E-state index < -0.39 is 29.3 Å². The quantitative estimate of drug-likeness (QED) is 0.418. The van der Waals surface area contributed by atoms with E-state index in [1.807, 2.05) is 0 Å². The first kappa shape index (κ1) is 20.8. The van der Waals surface area contributed by atoms with Crippen molar-refractivity contribution in [3.63, 3.8) is 0 Å². The molecule has 0 saturated carbocycles. The third-order valence-electron chi connectivity index (χ3n) is 4.53. The predicted molar refractivity (Wildman–Crippen MR) is 106 cm³/mol. The molecule has 10 nitrogen and oxygen atoms in total. The Kier molecular flexibility index (Phi) is 6.26. The third kappa shape index (κ3) is 4.90. The highest BCUT2D eigenvalue weighted by atomic mass is 16.6. The Morgan fingerprint density at radius 3 is 2.63 bits per heavy atom. The van der Waals surface area contributed by atoms with Gasteiger partial charge in [-0.15, -0.1) is 0 Å². The van der Waals surface area contributed by atoms with Gasteiger partial charge in [-0.1, -0.05) is 6.07 Å². The predicted octanol–water partition coefficient (Wildman–Crippen LogP) is 2.14. The van der Waals surface area contributed by atoms with Gasteiger partial charge < -0.3 is 19.7 Å². The number of ether oxygens (including phenoxy) is 2. The lowest BCUT2D eigenvalue weighted by Gasteiger charge is -2.16. The molecule has 1 aliphatic heterocycles. The number of nitro benzene ring substituents is 1. The van der Waals surface area contributed by atoms with Gasteiger partial charge in [0.2, 0.25) is 5.91 Å². The number of nitrogens with zero attached hydrogens (tertiary/aromatic N) is 2. The number of anilines is 2. The van der Waals surface area contributed by atoms with Crippen molar-refractivity contribution in [3.8, 4) is 5.75 Å². The number of hydrogen-bond acceptors (Lipinski definition) is 7. The second kappa shape index (κ2) is 9.03. The van der Waals surface area contributed by atoms with Crippen LogP contribution in [0.1, 0.15) is 6.42 Å². The first-order valence-corrected chi connectivity index (χ1v) is 9.02. The Balaban J connectivity index is 1.52. The van der Waals surface area contributed by atoms with E-state index in [2.05, 4.69) is 5.32 Å². The molecule has 1 N–H and O–H groups in total. The topological polar surface area (TPSA) is 128 Å². The molecule has 0 aliphatic carbocycles. The number of amides is 2. The summed E-state index contributed by atoms with van der Waals surface area (Å²) in [6.45, 7) is -0.411. The molecule has 1 atom stereocenters. The molecule has 156 valence electrons. The van der Waals surface area contributed by atoms with Crippen molar-refractivity contribution in [2.75, 3.05) is 30.5 Å². The zero-order valence-corrected chi connectivity index (χ0v) is 16.1. The van der Waals surface area contributed by atoms with E-state index in [0.717, 1.165) is 0 Å². The largest absolute Gasteiger partial charge is 0.497 e. The third-order valence-corrected chi connectivity index (χ3v) is 4.53. The summed E-state index contributed by atoms with van der Waals surface area (Å²) in [6, 6.07) is 12.2. The van der Waals surface area contributed by atoms with Crippen molar-refractivity contribution in [3.05, 3.63) is 58.6 Å². The number of esters is 1. The number of non-ortho nitro benzene ring substituents is 1. The lowest BCUT2D eigenvalue weighted by molar-refractivity contribution is -0.384. The number of rotatable bonds is 7. The van der Waals surface area contributed by atoms with Gasteiger partial charge in [-0.2, -0.15) is 0 Å². The van der Waals surface area contributed by atoms with Gasteiger partial charge in [0.1, 0.15) is 5.75 Å². The van der Waals surface area contributed by atoms with E-state index in [1.165, 1.54) is 36.3 Å². The Labute approximate surface area is 171 Å². The van der Waals surface area contributed by atoms with Gasteiger partial charge in [0.05, 0.1) is 18.0 Å². The van der Waals surface area contributed by atoms with Crippen molar-refractivity contribution in [1.82, 2.24) is 0 Å². The number of benzene rings is 2. The minimum atomic E-state index is -0.725. The smallest absolute Gasteiger partial charge is 0.311 e. The fourth-order valence-corrected chi connectivity index (χ4v) is 3.02. The monoisotopic (exact) mass is 413 g/mol. The highest BCUT2D eigenvalue weighted by molar-refractivity contribution is 6.00. The molecule has 1 aliphatic rings. The van der Waals surface area contributed by atoms with Crippen LogP contribution in [0.15, 0.2) is 48.5 Å². The summed E-state index contributed by atoms with van der Waals surface area (Å²) in [5, 5.41) is 13.3. The summed E-state index contributed by atoms with van der Waals surface area (Å²) in [6.07, 6.45) is -0.0622. The molecule has 2 aromatic carbocycles. The first-order chi connectivity index (χ1) is 14.4. The standard InChI is InChI=1S/C20H19N3O7/c1-29-17-4-2-3-14(10-17)21-18(24)12-30-20(26)13-9-19(25)22(11-13)15-5-7-16(8-6-15)23(27)28/h2-8,10,13H,9,11-12H2,1H3,(H,21,24)/t13-/m1/s1. The number of hydrogen-bond donors (Lipinski definition) is 1. The van der Waals surface area contributed by atoms with E-state index >= 15 is 0 Å². The highest BCUT2D eigenvalue weighted by Gasteiger charge is 2.36. The molecule has 1 saturated heterocycles. The lowest BCUT2D eigenvalue weighted by atomic mass is 10.1. The summed E-state index contributed by atoms with van der Waals surface area (Å²) in [5.41, 5.74) is 0.857. The molecule has 1 fully saturated rings. The molecule has 0 spiro atoms. The molecule has 1 heterocycles. The second-order valence-electron chi connectivity index (χ2n) is 6.57. The summed E-state index contributed by atoms with van der Waals surface area (Å²) in [7, 11) is 1.51. The fraction of sp³-hybridized carbons (Fsp3) is 0.250. The van der Waals surface area contributed by atoms with E-state index in [4.69, 9.17) is 9.47 Å². The summed E-state index contributed by atoms with van der Waals surface area (Å²) < 4.78 is 10.1. The highest BCUT2D eigenvalue weighted by Crippen LogP contribution is 2.27. The maximum Gasteiger partial charge on any atom is 0.311 e. The minimum Gasteiger partial charge on any atom is -0.497 e. The number of methoxy groups -OCH3 is 1. The van der Waals surface area contributed by atoms with Crippen molar-refractivity contribution in [2.24, 2.45) is 5.92 Å². The molecule has 2 amide bonds. The number of carbonyl (C=O) groups is 3. The van der Waals surface area contributed by atoms with Crippen LogP contribution < -0.4 is 15.0 Å². The van der Waals surface area contributed by atoms with Crippen LogP contribution in [0.3, 0.4) is 0 Å². The zero-order valence-electron chi connectivity index (χ0n) is 16.1. The molecule has 3 rings (SSSR count). The lowest BCUT2D eigenvalue weighted by Crippen LogP contribution is -2.28. The van der Waals surface area contributed by atoms with Crippen LogP contribution in [0.2, 0.25) is 0 Å². The van der Waals surface area contributed by atoms with Gasteiger partial charge in [-0.05, 0) is 24.3 Å². The van der Waals surface area contributed by atoms with Crippen LogP contribution in [0, 0.1) is 16.0 Å². The Hall–Kier alpha value is -3.95. The Bertz CT molecular complexity index is 975. The van der Waals surface area contributed by atoms with Crippen molar-refractivity contribution < 1.29 is 28.8 Å². The molecule has 10 heteroatoms. The van der Waals surface area contributed by atoms with Gasteiger partial charge in [-0.3, -0.25) is 24.5 Å². The zero-order chi connectivity index (χ0) is 21.7. The molecule has 30 heavy (non-hydrogen) atoms. The molecule has 0 aromatic heterocycles. The van der Waals surface area contributed by atoms with Crippen molar-refractivity contribution in [1.29, 1.82) is 0 Å². The van der Waals surface area contributed by atoms with Gasteiger partial charge in [-0.25, -0.2) is 0 Å². The van der Waals surface area contributed by atoms with Crippen LogP contribution in [-0.4, -0.2) is 43.0 Å². The fourth-order valence-electron chi connectivity index (χ4n) is 3.02. The molecule has 2 aromatic rings. The van der Waals surface area contributed by atoms with E-state index in [0.29, 0.717) is 17.1 Å². The minimum absolute atomic E-state index is 0.0622. The van der Waals surface area contributed by atoms with Crippen molar-refractivity contribution in [2.45, 2.75) is 6.42 Å². The Morgan fingerprint density at radius 1 is 1.23 bits per heavy atom. The van der Waals surface area contributed by atoms with Crippen molar-refractivity contribution >= 4 is 34.8 Å². The maximum atomic E-state index is 12.3. The van der Waals surface area contributed by atoms with E-state index in [-0.39, 0.29) is 24.6 Å². The maximum absolute atomic E-state index is 12.3. The number of carbonyl (C=O) groups excluding carboxylic acids is 3. The van der Waals surface area contributed by atoms with Gasteiger partial charge in [0.25, 0.3) is 11.6 Å². The number of nitrogens with one attached hydrogen (secondary N) is 1. The SMILES string of the molecule is COc1cccc(NC(=O)COC(=O)[C@@H]2CC(=O)N(c3ccc([N+](=O)[O-])cc3)C2)c1. The van der Waals surface area contributed by atoms with E-state index in [1.54, 1.807) is 24.3 Å². The van der Waals surface area contributed by atoms with Gasteiger partial charge >= 0.3 is 5.97 Å². The van der Waals surface area contributed by atoms with Crippen LogP contribution in [0.5, 0.6) is 5.75 Å². The molecule has 0 bridgehead atoms. The summed E-state index contributed by atoms with van der Waals surface area (Å²) in [5.74, 6) is -1.63. The normalized spacial score (nSPS) is 15.6. The van der Waals surface area contributed by atoms with Crippen LogP contribution >= 0.6 is 0 Å².